The van der Waals surface area contributed by atoms with Crippen molar-refractivity contribution in [3.8, 4) is 0 Å². The van der Waals surface area contributed by atoms with Crippen LogP contribution < -0.4 is 5.32 Å². The summed E-state index contributed by atoms with van der Waals surface area (Å²) in [4.78, 5) is 23.3. The minimum atomic E-state index is -0.800. The Hall–Kier alpha value is -1.95. The van der Waals surface area contributed by atoms with Crippen LogP contribution in [-0.4, -0.2) is 36.7 Å². The number of nitrogens with one attached hydrogen (secondary N) is 1. The number of aliphatic carboxylic acids is 1. The fraction of sp³-hybridized carbons (Fsp3) is 0.556. The van der Waals surface area contributed by atoms with Gasteiger partial charge in [-0.3, -0.25) is 9.59 Å². The third kappa shape index (κ3) is 4.77. The molecule has 0 saturated carbocycles. The van der Waals surface area contributed by atoms with Gasteiger partial charge in [0.2, 0.25) is 5.91 Å². The molecule has 0 bridgehead atoms. The zero-order chi connectivity index (χ0) is 17.4. The molecule has 1 saturated heterocycles. The maximum Gasteiger partial charge on any atom is 0.303 e. The number of amides is 1. The van der Waals surface area contributed by atoms with E-state index in [9.17, 15) is 14.0 Å². The molecule has 1 aliphatic rings. The Morgan fingerprint density at radius 3 is 2.62 bits per heavy atom. The van der Waals surface area contributed by atoms with E-state index in [1.54, 1.807) is 12.1 Å². The van der Waals surface area contributed by atoms with Gasteiger partial charge in [0.25, 0.3) is 0 Å². The molecule has 0 aliphatic carbocycles. The predicted octanol–water partition coefficient (Wildman–Crippen LogP) is 2.64. The van der Waals surface area contributed by atoms with E-state index in [0.29, 0.717) is 44.6 Å². The van der Waals surface area contributed by atoms with Crippen molar-refractivity contribution in [1.29, 1.82) is 0 Å². The summed E-state index contributed by atoms with van der Waals surface area (Å²) >= 11 is 0. The summed E-state index contributed by atoms with van der Waals surface area (Å²) in [6.07, 6.45) is 3.30. The highest BCUT2D eigenvalue weighted by molar-refractivity contribution is 5.88. The zero-order valence-corrected chi connectivity index (χ0v) is 13.7. The van der Waals surface area contributed by atoms with Gasteiger partial charge in [-0.25, -0.2) is 4.39 Å². The Bertz CT molecular complexity index is 570. The second kappa shape index (κ2) is 8.78. The van der Waals surface area contributed by atoms with Gasteiger partial charge in [-0.05, 0) is 43.4 Å². The smallest absolute Gasteiger partial charge is 0.303 e. The highest BCUT2D eigenvalue weighted by Crippen LogP contribution is 2.35. The van der Waals surface area contributed by atoms with Gasteiger partial charge in [-0.2, -0.15) is 0 Å². The van der Waals surface area contributed by atoms with E-state index >= 15 is 0 Å². The average molecular weight is 337 g/mol. The van der Waals surface area contributed by atoms with Crippen LogP contribution >= 0.6 is 0 Å². The van der Waals surface area contributed by atoms with Gasteiger partial charge in [0.05, 0.1) is 5.41 Å². The molecule has 24 heavy (non-hydrogen) atoms. The quantitative estimate of drug-likeness (QED) is 0.715. The molecule has 1 aromatic rings. The maximum absolute atomic E-state index is 13.6. The van der Waals surface area contributed by atoms with E-state index in [1.807, 2.05) is 0 Å². The Labute approximate surface area is 141 Å². The van der Waals surface area contributed by atoms with Crippen LogP contribution in [0.5, 0.6) is 0 Å². The Morgan fingerprint density at radius 1 is 1.21 bits per heavy atom. The molecule has 2 rings (SSSR count). The number of rotatable bonds is 8. The van der Waals surface area contributed by atoms with E-state index in [2.05, 4.69) is 5.32 Å². The lowest BCUT2D eigenvalue weighted by Crippen LogP contribution is -2.48. The van der Waals surface area contributed by atoms with E-state index in [-0.39, 0.29) is 18.1 Å². The predicted molar refractivity (Wildman–Crippen MR) is 87.2 cm³/mol. The van der Waals surface area contributed by atoms with Crippen LogP contribution in [0.3, 0.4) is 0 Å². The number of hydrogen-bond acceptors (Lipinski definition) is 3. The van der Waals surface area contributed by atoms with E-state index < -0.39 is 11.4 Å². The van der Waals surface area contributed by atoms with Crippen LogP contribution in [0.1, 0.15) is 44.1 Å². The summed E-state index contributed by atoms with van der Waals surface area (Å²) in [7, 11) is 0. The van der Waals surface area contributed by atoms with Gasteiger partial charge in [0, 0.05) is 26.2 Å². The van der Waals surface area contributed by atoms with Gasteiger partial charge in [0.15, 0.2) is 0 Å². The summed E-state index contributed by atoms with van der Waals surface area (Å²) in [5.41, 5.74) is -0.0595. The molecule has 5 nitrogen and oxygen atoms in total. The third-order valence-electron chi connectivity index (χ3n) is 4.51. The first-order chi connectivity index (χ1) is 11.5. The second-order valence-corrected chi connectivity index (χ2v) is 6.17. The molecule has 1 aliphatic heterocycles. The third-order valence-corrected chi connectivity index (χ3v) is 4.51. The summed E-state index contributed by atoms with van der Waals surface area (Å²) in [5, 5.41) is 11.5. The summed E-state index contributed by atoms with van der Waals surface area (Å²) < 4.78 is 19.0. The summed E-state index contributed by atoms with van der Waals surface area (Å²) in [6, 6.07) is 6.22. The summed E-state index contributed by atoms with van der Waals surface area (Å²) in [6.45, 7) is 1.45. The highest BCUT2D eigenvalue weighted by Gasteiger charge is 2.41. The Morgan fingerprint density at radius 2 is 1.96 bits per heavy atom. The number of ether oxygens (including phenoxy) is 1. The largest absolute Gasteiger partial charge is 0.481 e. The van der Waals surface area contributed by atoms with Crippen molar-refractivity contribution in [2.24, 2.45) is 0 Å². The van der Waals surface area contributed by atoms with Crippen LogP contribution in [0.4, 0.5) is 4.39 Å². The van der Waals surface area contributed by atoms with E-state index in [0.717, 1.165) is 12.8 Å². The van der Waals surface area contributed by atoms with Crippen molar-refractivity contribution < 1.29 is 23.8 Å². The number of hydrogen-bond donors (Lipinski definition) is 2. The molecule has 132 valence electrons. The van der Waals surface area contributed by atoms with Gasteiger partial charge in [0.1, 0.15) is 5.82 Å². The van der Waals surface area contributed by atoms with Crippen LogP contribution in [0.2, 0.25) is 0 Å². The molecule has 1 heterocycles. The molecule has 2 N–H and O–H groups in total. The summed E-state index contributed by atoms with van der Waals surface area (Å²) in [5.74, 6) is -1.25. The van der Waals surface area contributed by atoms with Crippen molar-refractivity contribution in [1.82, 2.24) is 5.32 Å². The molecular weight excluding hydrogens is 313 g/mol. The Balaban J connectivity index is 1.95. The first-order valence-electron chi connectivity index (χ1n) is 8.38. The fourth-order valence-corrected chi connectivity index (χ4v) is 3.10. The van der Waals surface area contributed by atoms with Gasteiger partial charge >= 0.3 is 5.97 Å². The van der Waals surface area contributed by atoms with E-state index in [1.165, 1.54) is 12.1 Å². The number of unbranched alkanes of at least 4 members (excludes halogenated alkanes) is 2. The zero-order valence-electron chi connectivity index (χ0n) is 13.7. The highest BCUT2D eigenvalue weighted by atomic mass is 19.1. The lowest BCUT2D eigenvalue weighted by molar-refractivity contribution is -0.137. The molecular formula is C18H24FNO4. The average Bonchev–Trinajstić information content (AvgIpc) is 2.58. The van der Waals surface area contributed by atoms with Crippen molar-refractivity contribution in [2.45, 2.75) is 43.9 Å². The first kappa shape index (κ1) is 18.4. The first-order valence-corrected chi connectivity index (χ1v) is 8.38. The van der Waals surface area contributed by atoms with Crippen molar-refractivity contribution >= 4 is 11.9 Å². The number of halogens is 1. The monoisotopic (exact) mass is 337 g/mol. The molecule has 0 unspecified atom stereocenters. The van der Waals surface area contributed by atoms with Crippen molar-refractivity contribution in [3.05, 3.63) is 35.6 Å². The Kier molecular flexibility index (Phi) is 6.73. The molecule has 0 radical (unpaired) electrons. The van der Waals surface area contributed by atoms with Crippen molar-refractivity contribution in [3.63, 3.8) is 0 Å². The minimum absolute atomic E-state index is 0.102. The molecule has 0 spiro atoms. The van der Waals surface area contributed by atoms with Crippen molar-refractivity contribution in [2.75, 3.05) is 19.8 Å². The normalized spacial score (nSPS) is 16.5. The molecule has 6 heteroatoms. The van der Waals surface area contributed by atoms with Crippen LogP contribution in [0.15, 0.2) is 24.3 Å². The number of carboxylic acid groups (broad SMARTS) is 1. The van der Waals surface area contributed by atoms with E-state index in [4.69, 9.17) is 9.84 Å². The molecule has 0 aromatic heterocycles. The lowest BCUT2D eigenvalue weighted by atomic mass is 9.73. The van der Waals surface area contributed by atoms with Crippen LogP contribution in [0, 0.1) is 5.82 Å². The topological polar surface area (TPSA) is 75.6 Å². The lowest BCUT2D eigenvalue weighted by Gasteiger charge is -2.36. The van der Waals surface area contributed by atoms with Crippen LogP contribution in [-0.2, 0) is 19.7 Å². The molecule has 0 atom stereocenters. The second-order valence-electron chi connectivity index (χ2n) is 6.17. The number of carboxylic acids is 1. The van der Waals surface area contributed by atoms with Gasteiger partial charge in [-0.15, -0.1) is 0 Å². The SMILES string of the molecule is O=C(O)CCCCCNC(=O)C1(c2cccc(F)c2)CCOCC1. The van der Waals surface area contributed by atoms with Gasteiger partial charge < -0.3 is 15.2 Å². The number of benzene rings is 1. The van der Waals surface area contributed by atoms with Gasteiger partial charge in [-0.1, -0.05) is 18.6 Å². The standard InChI is InChI=1S/C18H24FNO4/c19-15-6-4-5-14(13-15)18(8-11-24-12-9-18)17(23)20-10-3-1-2-7-16(21)22/h4-6,13H,1-3,7-12H2,(H,20,23)(H,21,22). The number of carbonyl (C=O) groups is 2. The maximum atomic E-state index is 13.6. The fourth-order valence-electron chi connectivity index (χ4n) is 3.10. The molecule has 1 fully saturated rings. The molecule has 1 amide bonds. The number of carbonyl (C=O) groups excluding carboxylic acids is 1. The van der Waals surface area contributed by atoms with Crippen LogP contribution in [0.25, 0.3) is 0 Å². The minimum Gasteiger partial charge on any atom is -0.481 e. The molecule has 1 aromatic carbocycles.